The van der Waals surface area contributed by atoms with Crippen molar-refractivity contribution in [3.63, 3.8) is 0 Å². The molecule has 1 aromatic heterocycles. The Bertz CT molecular complexity index is 784. The second kappa shape index (κ2) is 8.17. The highest BCUT2D eigenvalue weighted by molar-refractivity contribution is 5.92. The number of likely N-dealkylation sites (tertiary alicyclic amines) is 1. The Kier molecular flexibility index (Phi) is 5.48. The molecule has 1 N–H and O–H groups in total. The molecule has 0 spiro atoms. The molecule has 27 heavy (non-hydrogen) atoms. The third-order valence-electron chi connectivity index (χ3n) is 5.92. The Morgan fingerprint density at radius 2 is 1.93 bits per heavy atom. The first-order chi connectivity index (χ1) is 13.2. The van der Waals surface area contributed by atoms with Crippen LogP contribution in [0.5, 0.6) is 0 Å². The first-order valence-electron chi connectivity index (χ1n) is 10.1. The van der Waals surface area contributed by atoms with Gasteiger partial charge in [-0.05, 0) is 62.1 Å². The molecule has 1 aromatic carbocycles. The van der Waals surface area contributed by atoms with Crippen molar-refractivity contribution < 1.29 is 4.79 Å². The van der Waals surface area contributed by atoms with E-state index in [1.165, 1.54) is 42.4 Å². The molecule has 0 radical (unpaired) electrons. The predicted molar refractivity (Wildman–Crippen MR) is 106 cm³/mol. The molecule has 0 bridgehead atoms. The van der Waals surface area contributed by atoms with Gasteiger partial charge in [-0.15, -0.1) is 0 Å². The van der Waals surface area contributed by atoms with Gasteiger partial charge in [-0.25, -0.2) is 4.98 Å². The quantitative estimate of drug-likeness (QED) is 0.904. The lowest BCUT2D eigenvalue weighted by Crippen LogP contribution is -2.45. The molecular weight excluding hydrogens is 336 g/mol. The molecule has 1 fully saturated rings. The second-order valence-corrected chi connectivity index (χ2v) is 7.78. The van der Waals surface area contributed by atoms with Gasteiger partial charge in [0, 0.05) is 37.6 Å². The number of carbonyl (C=O) groups is 1. The lowest BCUT2D eigenvalue weighted by atomic mass is 9.89. The average Bonchev–Trinajstić information content (AvgIpc) is 2.74. The summed E-state index contributed by atoms with van der Waals surface area (Å²) in [5, 5.41) is 3.78. The summed E-state index contributed by atoms with van der Waals surface area (Å²) in [4.78, 5) is 22.5. The minimum absolute atomic E-state index is 0.00992. The zero-order chi connectivity index (χ0) is 18.6. The topological polar surface area (TPSA) is 58.1 Å². The Morgan fingerprint density at radius 3 is 2.67 bits per heavy atom. The molecule has 5 nitrogen and oxygen atoms in total. The minimum Gasteiger partial charge on any atom is -0.337 e. The zero-order valence-electron chi connectivity index (χ0n) is 16.0. The van der Waals surface area contributed by atoms with E-state index in [9.17, 15) is 4.79 Å². The van der Waals surface area contributed by atoms with E-state index in [2.05, 4.69) is 40.4 Å². The van der Waals surface area contributed by atoms with E-state index in [1.54, 1.807) is 18.6 Å². The van der Waals surface area contributed by atoms with Gasteiger partial charge in [0.05, 0.1) is 6.20 Å². The Morgan fingerprint density at radius 1 is 1.15 bits per heavy atom. The van der Waals surface area contributed by atoms with Crippen LogP contribution in [0.2, 0.25) is 0 Å². The van der Waals surface area contributed by atoms with Crippen LogP contribution in [-0.4, -0.2) is 39.9 Å². The molecule has 2 heterocycles. The van der Waals surface area contributed by atoms with Gasteiger partial charge in [-0.2, -0.15) is 0 Å². The Balaban J connectivity index is 1.32. The summed E-state index contributed by atoms with van der Waals surface area (Å²) in [6.07, 6.45) is 11.8. The van der Waals surface area contributed by atoms with Gasteiger partial charge in [0.2, 0.25) is 0 Å². The van der Waals surface area contributed by atoms with Gasteiger partial charge in [0.15, 0.2) is 0 Å². The van der Waals surface area contributed by atoms with Crippen molar-refractivity contribution in [3.8, 4) is 0 Å². The number of benzene rings is 1. The SMILES string of the molecule is CC(NC1CCN(C(=O)c2cnccn2)CC1)c1ccc2c(c1)CCCC2. The van der Waals surface area contributed by atoms with E-state index in [1.807, 2.05) is 4.90 Å². The average molecular weight is 364 g/mol. The van der Waals surface area contributed by atoms with E-state index < -0.39 is 0 Å². The van der Waals surface area contributed by atoms with Crippen molar-refractivity contribution in [1.29, 1.82) is 0 Å². The van der Waals surface area contributed by atoms with E-state index in [0.717, 1.165) is 25.9 Å². The van der Waals surface area contributed by atoms with E-state index >= 15 is 0 Å². The second-order valence-electron chi connectivity index (χ2n) is 7.78. The number of aromatic nitrogens is 2. The molecule has 5 heteroatoms. The number of carbonyl (C=O) groups excluding carboxylic acids is 1. The maximum atomic E-state index is 12.5. The number of piperidine rings is 1. The summed E-state index contributed by atoms with van der Waals surface area (Å²) in [6.45, 7) is 3.79. The lowest BCUT2D eigenvalue weighted by Gasteiger charge is -2.34. The standard InChI is InChI=1S/C22H28N4O/c1-16(18-7-6-17-4-2-3-5-19(17)14-18)25-20-8-12-26(13-9-20)22(27)21-15-23-10-11-24-21/h6-7,10-11,14-16,20,25H,2-5,8-9,12-13H2,1H3. The third-order valence-corrected chi connectivity index (χ3v) is 5.92. The lowest BCUT2D eigenvalue weighted by molar-refractivity contribution is 0.0696. The van der Waals surface area contributed by atoms with Crippen LogP contribution in [0.15, 0.2) is 36.8 Å². The largest absolute Gasteiger partial charge is 0.337 e. The first kappa shape index (κ1) is 18.1. The predicted octanol–water partition coefficient (Wildman–Crippen LogP) is 3.31. The summed E-state index contributed by atoms with van der Waals surface area (Å²) < 4.78 is 0. The molecule has 1 atom stereocenters. The zero-order valence-corrected chi connectivity index (χ0v) is 16.0. The summed E-state index contributed by atoms with van der Waals surface area (Å²) in [7, 11) is 0. The highest BCUT2D eigenvalue weighted by atomic mass is 16.2. The minimum atomic E-state index is -0.00992. The molecule has 4 rings (SSSR count). The molecule has 1 unspecified atom stereocenters. The summed E-state index contributed by atoms with van der Waals surface area (Å²) in [5.41, 5.74) is 4.89. The smallest absolute Gasteiger partial charge is 0.274 e. The molecule has 0 saturated carbocycles. The van der Waals surface area contributed by atoms with Gasteiger partial charge in [-0.3, -0.25) is 9.78 Å². The molecule has 1 aliphatic carbocycles. The van der Waals surface area contributed by atoms with E-state index in [-0.39, 0.29) is 5.91 Å². The van der Waals surface area contributed by atoms with Gasteiger partial charge in [-0.1, -0.05) is 18.2 Å². The highest BCUT2D eigenvalue weighted by Crippen LogP contribution is 2.25. The maximum Gasteiger partial charge on any atom is 0.274 e. The van der Waals surface area contributed by atoms with Gasteiger partial charge >= 0.3 is 0 Å². The Hall–Kier alpha value is -2.27. The van der Waals surface area contributed by atoms with Crippen LogP contribution in [-0.2, 0) is 12.8 Å². The number of rotatable bonds is 4. The number of fused-ring (bicyclic) bond motifs is 1. The Labute approximate surface area is 161 Å². The van der Waals surface area contributed by atoms with Crippen LogP contribution in [0.25, 0.3) is 0 Å². The highest BCUT2D eigenvalue weighted by Gasteiger charge is 2.25. The number of amides is 1. The van der Waals surface area contributed by atoms with Crippen molar-refractivity contribution >= 4 is 5.91 Å². The fraction of sp³-hybridized carbons (Fsp3) is 0.500. The number of nitrogens with one attached hydrogen (secondary N) is 1. The van der Waals surface area contributed by atoms with Crippen LogP contribution >= 0.6 is 0 Å². The van der Waals surface area contributed by atoms with Crippen molar-refractivity contribution in [3.05, 3.63) is 59.2 Å². The van der Waals surface area contributed by atoms with Crippen LogP contribution < -0.4 is 5.32 Å². The monoisotopic (exact) mass is 364 g/mol. The van der Waals surface area contributed by atoms with Crippen molar-refractivity contribution in [2.45, 2.75) is 57.5 Å². The summed E-state index contributed by atoms with van der Waals surface area (Å²) in [6, 6.07) is 7.80. The summed E-state index contributed by atoms with van der Waals surface area (Å²) in [5.74, 6) is -0.00992. The van der Waals surface area contributed by atoms with Crippen LogP contribution in [0.1, 0.15) is 65.8 Å². The van der Waals surface area contributed by atoms with Gasteiger partial charge in [0.25, 0.3) is 5.91 Å². The summed E-state index contributed by atoms with van der Waals surface area (Å²) >= 11 is 0. The molecule has 1 aliphatic heterocycles. The first-order valence-corrected chi connectivity index (χ1v) is 10.1. The normalized spacial score (nSPS) is 18.8. The van der Waals surface area contributed by atoms with E-state index in [4.69, 9.17) is 0 Å². The van der Waals surface area contributed by atoms with Crippen molar-refractivity contribution in [2.24, 2.45) is 0 Å². The number of hydrogen-bond donors (Lipinski definition) is 1. The van der Waals surface area contributed by atoms with Crippen molar-refractivity contribution in [1.82, 2.24) is 20.2 Å². The van der Waals surface area contributed by atoms with E-state index in [0.29, 0.717) is 17.8 Å². The maximum absolute atomic E-state index is 12.5. The van der Waals surface area contributed by atoms with Gasteiger partial charge in [0.1, 0.15) is 5.69 Å². The number of aryl methyl sites for hydroxylation is 2. The van der Waals surface area contributed by atoms with Crippen LogP contribution in [0.4, 0.5) is 0 Å². The number of hydrogen-bond acceptors (Lipinski definition) is 4. The molecule has 142 valence electrons. The fourth-order valence-corrected chi connectivity index (χ4v) is 4.29. The van der Waals surface area contributed by atoms with Crippen LogP contribution in [0, 0.1) is 0 Å². The molecule has 1 saturated heterocycles. The molecular formula is C22H28N4O. The fourth-order valence-electron chi connectivity index (χ4n) is 4.29. The van der Waals surface area contributed by atoms with Crippen LogP contribution in [0.3, 0.4) is 0 Å². The molecule has 2 aliphatic rings. The third kappa shape index (κ3) is 4.19. The molecule has 1 amide bonds. The molecule has 2 aromatic rings. The van der Waals surface area contributed by atoms with Crippen molar-refractivity contribution in [2.75, 3.05) is 13.1 Å². The van der Waals surface area contributed by atoms with Gasteiger partial charge < -0.3 is 10.2 Å². The number of nitrogens with zero attached hydrogens (tertiary/aromatic N) is 3.